The van der Waals surface area contributed by atoms with Gasteiger partial charge >= 0.3 is 0 Å². The Morgan fingerprint density at radius 1 is 0.964 bits per heavy atom. The first-order valence-electron chi connectivity index (χ1n) is 8.59. The van der Waals surface area contributed by atoms with E-state index in [1.807, 2.05) is 31.2 Å². The van der Waals surface area contributed by atoms with Gasteiger partial charge in [0.2, 0.25) is 0 Å². The van der Waals surface area contributed by atoms with E-state index < -0.39 is 0 Å². The molecule has 6 heteroatoms. The molecule has 28 heavy (non-hydrogen) atoms. The fourth-order valence-electron chi connectivity index (χ4n) is 2.74. The highest BCUT2D eigenvalue weighted by Gasteiger charge is 2.12. The van der Waals surface area contributed by atoms with E-state index in [1.54, 1.807) is 43.5 Å². The lowest BCUT2D eigenvalue weighted by Crippen LogP contribution is -2.13. The molecule has 0 bridgehead atoms. The van der Waals surface area contributed by atoms with Crippen LogP contribution >= 0.6 is 23.2 Å². The van der Waals surface area contributed by atoms with Gasteiger partial charge in [-0.05, 0) is 55.0 Å². The van der Waals surface area contributed by atoms with Crippen molar-refractivity contribution in [3.8, 4) is 11.5 Å². The molecule has 0 aromatic heterocycles. The number of ether oxygens (including phenoxy) is 2. The molecule has 0 aliphatic rings. The Balaban J connectivity index is 1.79. The predicted octanol–water partition coefficient (Wildman–Crippen LogP) is 6.14. The first-order chi connectivity index (χ1) is 13.5. The fourth-order valence-corrected chi connectivity index (χ4v) is 3.26. The van der Waals surface area contributed by atoms with Crippen LogP contribution in [-0.2, 0) is 6.61 Å². The summed E-state index contributed by atoms with van der Waals surface area (Å²) in [4.78, 5) is 12.6. The first kappa shape index (κ1) is 20.1. The van der Waals surface area contributed by atoms with Crippen LogP contribution in [0.5, 0.6) is 11.5 Å². The molecule has 0 saturated heterocycles. The highest BCUT2D eigenvalue weighted by molar-refractivity contribution is 6.35. The third-order valence-electron chi connectivity index (χ3n) is 4.14. The first-order valence-corrected chi connectivity index (χ1v) is 9.34. The zero-order valence-electron chi connectivity index (χ0n) is 15.5. The number of methoxy groups -OCH3 is 1. The van der Waals surface area contributed by atoms with Crippen LogP contribution in [0, 0.1) is 6.92 Å². The van der Waals surface area contributed by atoms with Gasteiger partial charge in [-0.1, -0.05) is 41.4 Å². The number of carbonyl (C=O) groups excluding carboxylic acids is 1. The van der Waals surface area contributed by atoms with Crippen molar-refractivity contribution >= 4 is 34.8 Å². The Labute approximate surface area is 174 Å². The van der Waals surface area contributed by atoms with Gasteiger partial charge in [0.1, 0.15) is 18.1 Å². The monoisotopic (exact) mass is 415 g/mol. The second-order valence-corrected chi connectivity index (χ2v) is 7.07. The average Bonchev–Trinajstić information content (AvgIpc) is 2.66. The van der Waals surface area contributed by atoms with Crippen LogP contribution in [0.3, 0.4) is 0 Å². The third-order valence-corrected chi connectivity index (χ3v) is 4.58. The van der Waals surface area contributed by atoms with Gasteiger partial charge in [0, 0.05) is 26.9 Å². The van der Waals surface area contributed by atoms with Crippen molar-refractivity contribution < 1.29 is 14.3 Å². The zero-order chi connectivity index (χ0) is 20.1. The summed E-state index contributed by atoms with van der Waals surface area (Å²) >= 11 is 12.0. The molecule has 3 rings (SSSR count). The molecule has 0 heterocycles. The predicted molar refractivity (Wildman–Crippen MR) is 113 cm³/mol. The second kappa shape index (κ2) is 9.00. The number of hydrogen-bond acceptors (Lipinski definition) is 3. The lowest BCUT2D eigenvalue weighted by atomic mass is 10.1. The molecule has 0 spiro atoms. The molecule has 3 aromatic rings. The number of rotatable bonds is 6. The molecule has 0 radical (unpaired) electrons. The third kappa shape index (κ3) is 4.97. The zero-order valence-corrected chi connectivity index (χ0v) is 17.0. The van der Waals surface area contributed by atoms with Gasteiger partial charge in [0.05, 0.1) is 7.11 Å². The molecular weight excluding hydrogens is 397 g/mol. The maximum Gasteiger partial charge on any atom is 0.255 e. The maximum atomic E-state index is 12.6. The van der Waals surface area contributed by atoms with Crippen molar-refractivity contribution in [2.45, 2.75) is 13.5 Å². The molecule has 1 amide bonds. The van der Waals surface area contributed by atoms with E-state index in [1.165, 1.54) is 0 Å². The minimum Gasteiger partial charge on any atom is -0.496 e. The van der Waals surface area contributed by atoms with Crippen molar-refractivity contribution in [3.63, 3.8) is 0 Å². The van der Waals surface area contributed by atoms with Crippen LogP contribution in [0.25, 0.3) is 0 Å². The molecule has 3 aromatic carbocycles. The molecule has 0 atom stereocenters. The molecule has 0 aliphatic carbocycles. The fraction of sp³-hybridized carbons (Fsp3) is 0.136. The van der Waals surface area contributed by atoms with Gasteiger partial charge in [-0.3, -0.25) is 4.79 Å². The van der Waals surface area contributed by atoms with Gasteiger partial charge in [-0.15, -0.1) is 0 Å². The number of hydrogen-bond donors (Lipinski definition) is 1. The largest absolute Gasteiger partial charge is 0.496 e. The van der Waals surface area contributed by atoms with E-state index in [2.05, 4.69) is 5.32 Å². The summed E-state index contributed by atoms with van der Waals surface area (Å²) in [7, 11) is 1.58. The van der Waals surface area contributed by atoms with Crippen molar-refractivity contribution in [1.82, 2.24) is 0 Å². The van der Waals surface area contributed by atoms with Crippen molar-refractivity contribution in [2.24, 2.45) is 0 Å². The number of halogens is 2. The lowest BCUT2D eigenvalue weighted by Gasteiger charge is -2.13. The van der Waals surface area contributed by atoms with E-state index in [-0.39, 0.29) is 12.5 Å². The van der Waals surface area contributed by atoms with Crippen LogP contribution in [0.4, 0.5) is 5.69 Å². The van der Waals surface area contributed by atoms with Gasteiger partial charge in [-0.2, -0.15) is 0 Å². The Morgan fingerprint density at radius 2 is 1.68 bits per heavy atom. The quantitative estimate of drug-likeness (QED) is 0.525. The number of anilines is 1. The number of amides is 1. The minimum absolute atomic E-state index is 0.276. The van der Waals surface area contributed by atoms with Crippen LogP contribution in [-0.4, -0.2) is 13.0 Å². The molecular formula is C22H19Cl2NO3. The maximum absolute atomic E-state index is 12.6. The van der Waals surface area contributed by atoms with Gasteiger partial charge in [-0.25, -0.2) is 0 Å². The summed E-state index contributed by atoms with van der Waals surface area (Å²) in [5.41, 5.74) is 2.80. The van der Waals surface area contributed by atoms with Crippen LogP contribution in [0.1, 0.15) is 21.5 Å². The topological polar surface area (TPSA) is 47.6 Å². The molecule has 144 valence electrons. The number of benzene rings is 3. The Hall–Kier alpha value is -2.69. The summed E-state index contributed by atoms with van der Waals surface area (Å²) < 4.78 is 11.3. The second-order valence-electron chi connectivity index (χ2n) is 6.19. The highest BCUT2D eigenvalue weighted by atomic mass is 35.5. The summed E-state index contributed by atoms with van der Waals surface area (Å²) in [5, 5.41) is 3.70. The molecule has 0 fully saturated rings. The average molecular weight is 416 g/mol. The smallest absolute Gasteiger partial charge is 0.255 e. The summed E-state index contributed by atoms with van der Waals surface area (Å²) in [5.74, 6) is 1.15. The Bertz CT molecular complexity index is 985. The molecule has 1 N–H and O–H groups in total. The lowest BCUT2D eigenvalue weighted by molar-refractivity contribution is 0.102. The van der Waals surface area contributed by atoms with Crippen molar-refractivity contribution in [2.75, 3.05) is 12.4 Å². The van der Waals surface area contributed by atoms with E-state index in [4.69, 9.17) is 32.7 Å². The molecule has 0 saturated carbocycles. The number of carbonyl (C=O) groups is 1. The van der Waals surface area contributed by atoms with E-state index in [9.17, 15) is 4.79 Å². The van der Waals surface area contributed by atoms with Crippen LogP contribution in [0.2, 0.25) is 10.0 Å². The highest BCUT2D eigenvalue weighted by Crippen LogP contribution is 2.26. The molecule has 0 aliphatic heterocycles. The van der Waals surface area contributed by atoms with Gasteiger partial charge < -0.3 is 14.8 Å². The van der Waals surface area contributed by atoms with E-state index in [0.717, 1.165) is 16.9 Å². The number of aryl methyl sites for hydroxylation is 1. The molecule has 0 unspecified atom stereocenters. The standard InChI is InChI=1S/C22H19Cl2NO3/c1-14-5-3-4-6-20(14)28-13-16-9-15(7-8-21(16)27-2)22(26)25-19-11-17(23)10-18(24)12-19/h3-12H,13H2,1-2H3,(H,25,26). The van der Waals surface area contributed by atoms with E-state index >= 15 is 0 Å². The van der Waals surface area contributed by atoms with Crippen molar-refractivity contribution in [3.05, 3.63) is 87.4 Å². The summed E-state index contributed by atoms with van der Waals surface area (Å²) in [6.07, 6.45) is 0. The molecule has 4 nitrogen and oxygen atoms in total. The van der Waals surface area contributed by atoms with E-state index in [0.29, 0.717) is 27.0 Å². The van der Waals surface area contributed by atoms with Crippen LogP contribution in [0.15, 0.2) is 60.7 Å². The minimum atomic E-state index is -0.280. The van der Waals surface area contributed by atoms with Crippen molar-refractivity contribution in [1.29, 1.82) is 0 Å². The normalized spacial score (nSPS) is 10.4. The Morgan fingerprint density at radius 3 is 2.36 bits per heavy atom. The Kier molecular flexibility index (Phi) is 6.45. The number of nitrogens with one attached hydrogen (secondary N) is 1. The van der Waals surface area contributed by atoms with Gasteiger partial charge in [0.15, 0.2) is 0 Å². The number of para-hydroxylation sites is 1. The summed E-state index contributed by atoms with van der Waals surface area (Å²) in [6, 6.07) is 17.8. The van der Waals surface area contributed by atoms with Gasteiger partial charge in [0.25, 0.3) is 5.91 Å². The summed E-state index contributed by atoms with van der Waals surface area (Å²) in [6.45, 7) is 2.25. The SMILES string of the molecule is COc1ccc(C(=O)Nc2cc(Cl)cc(Cl)c2)cc1COc1ccccc1C. The van der Waals surface area contributed by atoms with Crippen LogP contribution < -0.4 is 14.8 Å².